The lowest BCUT2D eigenvalue weighted by molar-refractivity contribution is -0.0228. The van der Waals surface area contributed by atoms with Gasteiger partial charge in [-0.25, -0.2) is 13.1 Å². The minimum Gasteiger partial charge on any atom is -0.386 e. The number of sulfonamides is 1. The Hall–Kier alpha value is -0.890. The molecule has 1 aromatic heterocycles. The summed E-state index contributed by atoms with van der Waals surface area (Å²) in [4.78, 5) is 2.84. The zero-order chi connectivity index (χ0) is 12.5. The molecule has 0 aliphatic carbocycles. The molecular formula is C10H16N2O4S. The van der Waals surface area contributed by atoms with Gasteiger partial charge in [-0.3, -0.25) is 0 Å². The van der Waals surface area contributed by atoms with Crippen molar-refractivity contribution in [2.24, 2.45) is 0 Å². The highest BCUT2D eigenvalue weighted by atomic mass is 32.2. The second-order valence-electron chi connectivity index (χ2n) is 4.24. The van der Waals surface area contributed by atoms with Crippen molar-refractivity contribution in [3.8, 4) is 0 Å². The first-order valence-electron chi connectivity index (χ1n) is 5.40. The molecule has 1 aliphatic rings. The Bertz CT molecular complexity index is 471. The Balaban J connectivity index is 2.03. The zero-order valence-corrected chi connectivity index (χ0v) is 10.3. The average Bonchev–Trinajstić information content (AvgIpc) is 2.88. The van der Waals surface area contributed by atoms with Gasteiger partial charge in [0, 0.05) is 32.0 Å². The third-order valence-corrected chi connectivity index (χ3v) is 4.51. The number of rotatable bonds is 4. The molecule has 1 saturated heterocycles. The van der Waals surface area contributed by atoms with E-state index in [0.717, 1.165) is 0 Å². The summed E-state index contributed by atoms with van der Waals surface area (Å²) in [6.07, 6.45) is 2.99. The molecule has 2 rings (SSSR count). The number of hydrogen-bond acceptors (Lipinski definition) is 4. The van der Waals surface area contributed by atoms with Crippen LogP contribution in [0, 0.1) is 0 Å². The molecule has 17 heavy (non-hydrogen) atoms. The van der Waals surface area contributed by atoms with Crippen LogP contribution >= 0.6 is 0 Å². The fourth-order valence-corrected chi connectivity index (χ4v) is 2.86. The van der Waals surface area contributed by atoms with Crippen molar-refractivity contribution in [1.82, 2.24) is 9.71 Å². The molecule has 96 valence electrons. The number of aromatic nitrogens is 1. The van der Waals surface area contributed by atoms with Crippen LogP contribution in [-0.4, -0.2) is 43.4 Å². The first kappa shape index (κ1) is 12.6. The second-order valence-corrected chi connectivity index (χ2v) is 6.00. The summed E-state index contributed by atoms with van der Waals surface area (Å²) < 4.78 is 31.3. The fraction of sp³-hybridized carbons (Fsp3) is 0.600. The van der Waals surface area contributed by atoms with Crippen LogP contribution in [-0.2, 0) is 14.8 Å². The fourth-order valence-electron chi connectivity index (χ4n) is 1.78. The molecule has 1 aromatic rings. The van der Waals surface area contributed by atoms with E-state index >= 15 is 0 Å². The lowest BCUT2D eigenvalue weighted by Crippen LogP contribution is -2.47. The molecule has 2 unspecified atom stereocenters. The van der Waals surface area contributed by atoms with Gasteiger partial charge in [-0.1, -0.05) is 0 Å². The number of hydrogen-bond donors (Lipinski definition) is 3. The normalized spacial score (nSPS) is 29.6. The lowest BCUT2D eigenvalue weighted by Gasteiger charge is -2.25. The number of aromatic amines is 1. The SMILES string of the molecule is CC1OCCC1(O)CNS(=O)(=O)c1cc[nH]c1. The van der Waals surface area contributed by atoms with Crippen LogP contribution < -0.4 is 4.72 Å². The van der Waals surface area contributed by atoms with Gasteiger partial charge in [-0.15, -0.1) is 0 Å². The molecule has 2 atom stereocenters. The maximum absolute atomic E-state index is 11.8. The molecule has 0 saturated carbocycles. The topological polar surface area (TPSA) is 91.4 Å². The molecule has 0 aromatic carbocycles. The van der Waals surface area contributed by atoms with Crippen LogP contribution in [0.4, 0.5) is 0 Å². The summed E-state index contributed by atoms with van der Waals surface area (Å²) >= 11 is 0. The van der Waals surface area contributed by atoms with E-state index in [0.29, 0.717) is 13.0 Å². The minimum absolute atomic E-state index is 0.0400. The van der Waals surface area contributed by atoms with Crippen LogP contribution in [0.5, 0.6) is 0 Å². The largest absolute Gasteiger partial charge is 0.386 e. The smallest absolute Gasteiger partial charge is 0.242 e. The lowest BCUT2D eigenvalue weighted by atomic mass is 9.97. The maximum atomic E-state index is 11.8. The molecule has 1 fully saturated rings. The van der Waals surface area contributed by atoms with E-state index in [1.54, 1.807) is 6.92 Å². The molecule has 6 nitrogen and oxygen atoms in total. The summed E-state index contributed by atoms with van der Waals surface area (Å²) in [6.45, 7) is 2.14. The number of H-pyrrole nitrogens is 1. The third-order valence-electron chi connectivity index (χ3n) is 3.11. The molecule has 0 amide bonds. The first-order chi connectivity index (χ1) is 7.94. The standard InChI is InChI=1S/C10H16N2O4S/c1-8-10(13,3-5-16-8)7-12-17(14,15)9-2-4-11-6-9/h2,4,6,8,11-13H,3,5,7H2,1H3. The Morgan fingerprint density at radius 1 is 1.71 bits per heavy atom. The van der Waals surface area contributed by atoms with Crippen molar-refractivity contribution < 1.29 is 18.3 Å². The van der Waals surface area contributed by atoms with E-state index in [4.69, 9.17) is 4.74 Å². The predicted molar refractivity (Wildman–Crippen MR) is 61.0 cm³/mol. The van der Waals surface area contributed by atoms with Gasteiger partial charge in [0.25, 0.3) is 0 Å². The summed E-state index contributed by atoms with van der Waals surface area (Å²) in [5.41, 5.74) is -1.12. The van der Waals surface area contributed by atoms with Crippen molar-refractivity contribution in [2.45, 2.75) is 29.9 Å². The Morgan fingerprint density at radius 3 is 3.00 bits per heavy atom. The highest BCUT2D eigenvalue weighted by Gasteiger charge is 2.40. The van der Waals surface area contributed by atoms with E-state index in [-0.39, 0.29) is 17.5 Å². The third kappa shape index (κ3) is 2.52. The summed E-state index contributed by atoms with van der Waals surface area (Å²) in [5.74, 6) is 0. The van der Waals surface area contributed by atoms with Crippen LogP contribution in [0.2, 0.25) is 0 Å². The van der Waals surface area contributed by atoms with E-state index < -0.39 is 15.6 Å². The van der Waals surface area contributed by atoms with Gasteiger partial charge in [-0.2, -0.15) is 0 Å². The molecule has 0 spiro atoms. The van der Waals surface area contributed by atoms with Crippen molar-refractivity contribution >= 4 is 10.0 Å². The van der Waals surface area contributed by atoms with E-state index in [1.165, 1.54) is 18.5 Å². The Kier molecular flexibility index (Phi) is 3.26. The van der Waals surface area contributed by atoms with E-state index in [1.807, 2.05) is 0 Å². The first-order valence-corrected chi connectivity index (χ1v) is 6.89. The van der Waals surface area contributed by atoms with Crippen LogP contribution in [0.3, 0.4) is 0 Å². The molecule has 3 N–H and O–H groups in total. The van der Waals surface area contributed by atoms with E-state index in [2.05, 4.69) is 9.71 Å². The van der Waals surface area contributed by atoms with Crippen molar-refractivity contribution in [3.05, 3.63) is 18.5 Å². The van der Waals surface area contributed by atoms with Gasteiger partial charge in [-0.05, 0) is 13.0 Å². The van der Waals surface area contributed by atoms with Crippen molar-refractivity contribution in [2.75, 3.05) is 13.2 Å². The average molecular weight is 260 g/mol. The zero-order valence-electron chi connectivity index (χ0n) is 9.51. The number of aliphatic hydroxyl groups is 1. The van der Waals surface area contributed by atoms with Gasteiger partial charge < -0.3 is 14.8 Å². The molecule has 0 radical (unpaired) electrons. The van der Waals surface area contributed by atoms with Gasteiger partial charge in [0.1, 0.15) is 5.60 Å². The van der Waals surface area contributed by atoms with Gasteiger partial charge in [0.15, 0.2) is 0 Å². The summed E-state index contributed by atoms with van der Waals surface area (Å²) in [6, 6.07) is 1.46. The van der Waals surface area contributed by atoms with Crippen LogP contribution in [0.25, 0.3) is 0 Å². The maximum Gasteiger partial charge on any atom is 0.242 e. The predicted octanol–water partition coefficient (Wildman–Crippen LogP) is -0.167. The number of ether oxygens (including phenoxy) is 1. The molecular weight excluding hydrogens is 244 g/mol. The monoisotopic (exact) mass is 260 g/mol. The van der Waals surface area contributed by atoms with Crippen molar-refractivity contribution in [1.29, 1.82) is 0 Å². The summed E-state index contributed by atoms with van der Waals surface area (Å²) in [5, 5.41) is 10.2. The van der Waals surface area contributed by atoms with E-state index in [9.17, 15) is 13.5 Å². The Morgan fingerprint density at radius 2 is 2.47 bits per heavy atom. The van der Waals surface area contributed by atoms with Crippen LogP contribution in [0.15, 0.2) is 23.4 Å². The second kappa shape index (κ2) is 4.41. The quantitative estimate of drug-likeness (QED) is 0.701. The molecule has 7 heteroatoms. The van der Waals surface area contributed by atoms with Gasteiger partial charge in [0.05, 0.1) is 11.0 Å². The highest BCUT2D eigenvalue weighted by molar-refractivity contribution is 7.89. The number of nitrogens with one attached hydrogen (secondary N) is 2. The molecule has 0 bridgehead atoms. The summed E-state index contributed by atoms with van der Waals surface area (Å²) in [7, 11) is -3.56. The molecule has 1 aliphatic heterocycles. The van der Waals surface area contributed by atoms with Crippen LogP contribution in [0.1, 0.15) is 13.3 Å². The van der Waals surface area contributed by atoms with Gasteiger partial charge >= 0.3 is 0 Å². The molecule has 2 heterocycles. The highest BCUT2D eigenvalue weighted by Crippen LogP contribution is 2.25. The Labute approximate surface area is 100 Å². The minimum atomic E-state index is -3.56. The van der Waals surface area contributed by atoms with Gasteiger partial charge in [0.2, 0.25) is 10.0 Å². The van der Waals surface area contributed by atoms with Crippen molar-refractivity contribution in [3.63, 3.8) is 0 Å².